The maximum Gasteiger partial charge on any atom is 0.472 e. The van der Waals surface area contributed by atoms with Gasteiger partial charge in [0.15, 0.2) is 12.2 Å². The molecule has 0 aliphatic rings. The molecule has 2 unspecified atom stereocenters. The number of aliphatic hydroxyl groups is 1. The van der Waals surface area contributed by atoms with Crippen LogP contribution < -0.4 is 0 Å². The molecule has 540 valence electrons. The monoisotopic (exact) mass is 1340 g/mol. The van der Waals surface area contributed by atoms with Crippen molar-refractivity contribution < 1.29 is 80.2 Å². The van der Waals surface area contributed by atoms with E-state index in [1.54, 1.807) is 0 Å². The van der Waals surface area contributed by atoms with E-state index in [0.717, 1.165) is 102 Å². The first-order valence-electron chi connectivity index (χ1n) is 37.5. The number of phosphoric acid groups is 2. The zero-order valence-electron chi connectivity index (χ0n) is 59.1. The van der Waals surface area contributed by atoms with E-state index in [2.05, 4.69) is 41.5 Å². The lowest BCUT2D eigenvalue weighted by Crippen LogP contribution is -2.30. The van der Waals surface area contributed by atoms with Gasteiger partial charge in [-0.2, -0.15) is 0 Å². The van der Waals surface area contributed by atoms with Crippen LogP contribution in [0.25, 0.3) is 0 Å². The molecule has 0 rings (SSSR count). The van der Waals surface area contributed by atoms with Gasteiger partial charge in [-0.05, 0) is 37.5 Å². The largest absolute Gasteiger partial charge is 0.472 e. The maximum atomic E-state index is 13.0. The molecule has 0 aliphatic carbocycles. The molecular weight excluding hydrogens is 1200 g/mol. The van der Waals surface area contributed by atoms with Gasteiger partial charge in [0.25, 0.3) is 0 Å². The van der Waals surface area contributed by atoms with E-state index in [0.29, 0.717) is 31.6 Å². The number of hydrogen-bond acceptors (Lipinski definition) is 15. The Kier molecular flexibility index (Phi) is 62.7. The molecule has 3 N–H and O–H groups in total. The Hall–Kier alpha value is -1.94. The number of hydrogen-bond donors (Lipinski definition) is 3. The van der Waals surface area contributed by atoms with Crippen LogP contribution in [-0.2, 0) is 65.4 Å². The van der Waals surface area contributed by atoms with Gasteiger partial charge >= 0.3 is 39.5 Å². The summed E-state index contributed by atoms with van der Waals surface area (Å²) in [6.45, 7) is 9.50. The first-order chi connectivity index (χ1) is 43.9. The Morgan fingerprint density at radius 2 is 0.505 bits per heavy atom. The van der Waals surface area contributed by atoms with E-state index in [9.17, 15) is 43.2 Å². The molecule has 0 heterocycles. The highest BCUT2D eigenvalue weighted by Crippen LogP contribution is 2.45. The summed E-state index contributed by atoms with van der Waals surface area (Å²) in [5.74, 6) is -0.640. The SMILES string of the molecule is CCCCCCCCCCCCCCCCC(=O)OC[C@H](COP(=O)(O)OC[C@@H](O)COP(=O)(O)OC[C@@H](COC(=O)CCCCCCCCC(C)C)OC(=O)CCCCCCCCCCCC)OC(=O)CCCCCCCCCCCCCCCCCC(C)C. The Labute approximate surface area is 556 Å². The Morgan fingerprint density at radius 1 is 0.297 bits per heavy atom. The van der Waals surface area contributed by atoms with Gasteiger partial charge in [0, 0.05) is 25.7 Å². The van der Waals surface area contributed by atoms with Crippen LogP contribution in [-0.4, -0.2) is 96.7 Å². The van der Waals surface area contributed by atoms with E-state index in [-0.39, 0.29) is 25.7 Å². The van der Waals surface area contributed by atoms with Crippen molar-refractivity contribution in [3.05, 3.63) is 0 Å². The summed E-state index contributed by atoms with van der Waals surface area (Å²) in [4.78, 5) is 72.5. The van der Waals surface area contributed by atoms with Gasteiger partial charge in [0.1, 0.15) is 19.3 Å². The molecule has 0 aromatic heterocycles. The quantitative estimate of drug-likeness (QED) is 0.0222. The topological polar surface area (TPSA) is 237 Å². The predicted octanol–water partition coefficient (Wildman–Crippen LogP) is 20.8. The molecule has 0 aliphatic heterocycles. The molecule has 17 nitrogen and oxygen atoms in total. The fraction of sp³-hybridized carbons (Fsp3) is 0.944. The molecule has 5 atom stereocenters. The zero-order valence-corrected chi connectivity index (χ0v) is 60.9. The maximum absolute atomic E-state index is 13.0. The summed E-state index contributed by atoms with van der Waals surface area (Å²) in [6, 6.07) is 0. The fourth-order valence-electron chi connectivity index (χ4n) is 10.9. The smallest absolute Gasteiger partial charge is 0.462 e. The molecule has 0 saturated carbocycles. The summed E-state index contributed by atoms with van der Waals surface area (Å²) in [5.41, 5.74) is 0. The van der Waals surface area contributed by atoms with Crippen molar-refractivity contribution in [2.75, 3.05) is 39.6 Å². The van der Waals surface area contributed by atoms with E-state index >= 15 is 0 Å². The molecule has 0 fully saturated rings. The van der Waals surface area contributed by atoms with Gasteiger partial charge in [-0.1, -0.05) is 318 Å². The molecule has 91 heavy (non-hydrogen) atoms. The third-order valence-corrected chi connectivity index (χ3v) is 18.6. The van der Waals surface area contributed by atoms with Crippen molar-refractivity contribution in [3.63, 3.8) is 0 Å². The second-order valence-corrected chi connectivity index (χ2v) is 29.8. The summed E-state index contributed by atoms with van der Waals surface area (Å²) in [5, 5.41) is 10.6. The summed E-state index contributed by atoms with van der Waals surface area (Å²) in [7, 11) is -9.90. The number of ether oxygens (including phenoxy) is 4. The van der Waals surface area contributed by atoms with Crippen LogP contribution in [0, 0.1) is 11.8 Å². The average Bonchev–Trinajstić information content (AvgIpc) is 2.60. The molecule has 0 radical (unpaired) electrons. The molecule has 0 bridgehead atoms. The number of unbranched alkanes of at least 4 members (excludes halogenated alkanes) is 41. The van der Waals surface area contributed by atoms with E-state index in [1.807, 2.05) is 0 Å². The second-order valence-electron chi connectivity index (χ2n) is 26.9. The van der Waals surface area contributed by atoms with Crippen molar-refractivity contribution in [1.82, 2.24) is 0 Å². The lowest BCUT2D eigenvalue weighted by atomic mass is 10.0. The number of esters is 4. The van der Waals surface area contributed by atoms with Gasteiger partial charge in [0.2, 0.25) is 0 Å². The minimum absolute atomic E-state index is 0.105. The second kappa shape index (κ2) is 64.1. The normalized spacial score (nSPS) is 14.1. The van der Waals surface area contributed by atoms with Gasteiger partial charge < -0.3 is 33.8 Å². The highest BCUT2D eigenvalue weighted by atomic mass is 31.2. The van der Waals surface area contributed by atoms with Crippen LogP contribution in [0.4, 0.5) is 0 Å². The van der Waals surface area contributed by atoms with E-state index in [4.69, 9.17) is 37.0 Å². The number of carbonyl (C=O) groups is 4. The molecule has 0 amide bonds. The highest BCUT2D eigenvalue weighted by molar-refractivity contribution is 7.47. The van der Waals surface area contributed by atoms with E-state index in [1.165, 1.54) is 180 Å². The Balaban J connectivity index is 5.21. The standard InChI is InChI=1S/C72H140O17P2/c1-7-9-11-13-15-17-19-20-25-28-32-35-42-48-54-69(74)82-60-67(88-72(77)57-51-45-37-33-29-26-23-21-22-24-27-30-34-40-46-52-64(3)4)62-86-90(78,79)84-58-66(73)59-85-91(80,81)87-63-68(61-83-70(75)55-49-43-39-38-41-47-53-65(5)6)89-71(76)56-50-44-36-31-18-16-14-12-10-8-2/h64-68,73H,7-63H2,1-6H3,(H,78,79)(H,80,81)/t66-,67-,68-/m1/s1. The summed E-state index contributed by atoms with van der Waals surface area (Å²) in [6.07, 6.45) is 50.1. The number of aliphatic hydroxyl groups excluding tert-OH is 1. The van der Waals surface area contributed by atoms with Gasteiger partial charge in [-0.15, -0.1) is 0 Å². The van der Waals surface area contributed by atoms with E-state index < -0.39 is 97.5 Å². The third kappa shape index (κ3) is 66.5. The van der Waals surface area contributed by atoms with Crippen LogP contribution in [0.5, 0.6) is 0 Å². The molecule has 0 aromatic carbocycles. The summed E-state index contributed by atoms with van der Waals surface area (Å²) < 4.78 is 68.3. The van der Waals surface area contributed by atoms with Crippen LogP contribution in [0.2, 0.25) is 0 Å². The van der Waals surface area contributed by atoms with Crippen LogP contribution >= 0.6 is 15.6 Å². The van der Waals surface area contributed by atoms with Crippen molar-refractivity contribution >= 4 is 39.5 Å². The average molecular weight is 1340 g/mol. The highest BCUT2D eigenvalue weighted by Gasteiger charge is 2.30. The van der Waals surface area contributed by atoms with Crippen LogP contribution in [0.15, 0.2) is 0 Å². The van der Waals surface area contributed by atoms with Gasteiger partial charge in [-0.3, -0.25) is 37.3 Å². The molecule has 0 spiro atoms. The first-order valence-corrected chi connectivity index (χ1v) is 40.5. The number of rotatable bonds is 71. The first kappa shape index (κ1) is 89.1. The molecule has 19 heteroatoms. The van der Waals surface area contributed by atoms with Crippen molar-refractivity contribution in [2.45, 2.75) is 387 Å². The number of carbonyl (C=O) groups excluding carboxylic acids is 4. The Morgan fingerprint density at radius 3 is 0.747 bits per heavy atom. The Bertz CT molecular complexity index is 1770. The lowest BCUT2D eigenvalue weighted by Gasteiger charge is -2.21. The van der Waals surface area contributed by atoms with Crippen LogP contribution in [0.3, 0.4) is 0 Å². The van der Waals surface area contributed by atoms with Crippen molar-refractivity contribution in [1.29, 1.82) is 0 Å². The molecular formula is C72H140O17P2. The third-order valence-electron chi connectivity index (χ3n) is 16.7. The fourth-order valence-corrected chi connectivity index (χ4v) is 12.5. The predicted molar refractivity (Wildman–Crippen MR) is 368 cm³/mol. The van der Waals surface area contributed by atoms with Crippen LogP contribution in [0.1, 0.15) is 369 Å². The zero-order chi connectivity index (χ0) is 67.2. The molecule has 0 saturated heterocycles. The molecule has 0 aromatic rings. The minimum Gasteiger partial charge on any atom is -0.462 e. The lowest BCUT2D eigenvalue weighted by molar-refractivity contribution is -0.161. The minimum atomic E-state index is -4.95. The summed E-state index contributed by atoms with van der Waals surface area (Å²) >= 11 is 0. The number of phosphoric ester groups is 2. The van der Waals surface area contributed by atoms with Gasteiger partial charge in [0.05, 0.1) is 26.4 Å². The van der Waals surface area contributed by atoms with Crippen molar-refractivity contribution in [2.24, 2.45) is 11.8 Å². The van der Waals surface area contributed by atoms with Gasteiger partial charge in [-0.25, -0.2) is 9.13 Å². The van der Waals surface area contributed by atoms with Crippen molar-refractivity contribution in [3.8, 4) is 0 Å².